The van der Waals surface area contributed by atoms with Crippen LogP contribution in [0.15, 0.2) is 0 Å². The maximum absolute atomic E-state index is 13.7. The van der Waals surface area contributed by atoms with E-state index in [2.05, 4.69) is 19.2 Å². The van der Waals surface area contributed by atoms with Crippen LogP contribution in [0.4, 0.5) is 4.39 Å². The Morgan fingerprint density at radius 2 is 2.08 bits per heavy atom. The van der Waals surface area contributed by atoms with Crippen LogP contribution in [0.3, 0.4) is 0 Å². The van der Waals surface area contributed by atoms with Crippen LogP contribution in [0, 0.1) is 11.8 Å². The summed E-state index contributed by atoms with van der Waals surface area (Å²) >= 11 is 0. The van der Waals surface area contributed by atoms with Crippen LogP contribution in [0.2, 0.25) is 0 Å². The molecule has 0 aromatic heterocycles. The molecule has 0 aromatic carbocycles. The SMILES string of the molecule is CC(C)[C@@H]1C[C@@H]2CC[C@H](N2)[C@@H]1F. The summed E-state index contributed by atoms with van der Waals surface area (Å²) < 4.78 is 13.7. The van der Waals surface area contributed by atoms with Gasteiger partial charge in [0.05, 0.1) is 0 Å². The summed E-state index contributed by atoms with van der Waals surface area (Å²) in [6.07, 6.45) is 2.70. The monoisotopic (exact) mass is 171 g/mol. The molecule has 2 fully saturated rings. The number of halogens is 1. The summed E-state index contributed by atoms with van der Waals surface area (Å²) in [4.78, 5) is 0. The van der Waals surface area contributed by atoms with E-state index in [4.69, 9.17) is 0 Å². The van der Waals surface area contributed by atoms with Gasteiger partial charge in [0.2, 0.25) is 0 Å². The van der Waals surface area contributed by atoms with Crippen LogP contribution in [0.1, 0.15) is 33.1 Å². The number of piperidine rings is 1. The third-order valence-electron chi connectivity index (χ3n) is 3.48. The summed E-state index contributed by atoms with van der Waals surface area (Å²) in [7, 11) is 0. The Bertz CT molecular complexity index is 169. The smallest absolute Gasteiger partial charge is 0.118 e. The largest absolute Gasteiger partial charge is 0.308 e. The van der Waals surface area contributed by atoms with E-state index < -0.39 is 6.17 Å². The van der Waals surface area contributed by atoms with Crippen molar-refractivity contribution < 1.29 is 4.39 Å². The molecule has 1 nitrogen and oxygen atoms in total. The minimum absolute atomic E-state index is 0.177. The Labute approximate surface area is 73.7 Å². The fraction of sp³-hybridized carbons (Fsp3) is 1.00. The molecule has 2 bridgehead atoms. The predicted octanol–water partition coefficient (Wildman–Crippen LogP) is 2.12. The van der Waals surface area contributed by atoms with E-state index in [0.29, 0.717) is 17.9 Å². The molecule has 4 atom stereocenters. The molecule has 2 aliphatic rings. The van der Waals surface area contributed by atoms with Gasteiger partial charge < -0.3 is 5.32 Å². The van der Waals surface area contributed by atoms with Crippen molar-refractivity contribution in [1.82, 2.24) is 5.32 Å². The highest BCUT2D eigenvalue weighted by Gasteiger charge is 2.42. The average molecular weight is 171 g/mol. The first-order chi connectivity index (χ1) is 5.68. The molecule has 2 heteroatoms. The van der Waals surface area contributed by atoms with Crippen LogP contribution in [-0.2, 0) is 0 Å². The maximum Gasteiger partial charge on any atom is 0.118 e. The van der Waals surface area contributed by atoms with Crippen molar-refractivity contribution in [3.63, 3.8) is 0 Å². The molecule has 2 saturated heterocycles. The summed E-state index contributed by atoms with van der Waals surface area (Å²) in [6.45, 7) is 4.28. The van der Waals surface area contributed by atoms with Gasteiger partial charge in [0.25, 0.3) is 0 Å². The summed E-state index contributed by atoms with van der Waals surface area (Å²) in [5.41, 5.74) is 0. The van der Waals surface area contributed by atoms with E-state index in [0.717, 1.165) is 12.8 Å². The Kier molecular flexibility index (Phi) is 2.11. The molecule has 2 aliphatic heterocycles. The summed E-state index contributed by atoms with van der Waals surface area (Å²) in [5.74, 6) is 0.814. The van der Waals surface area contributed by atoms with E-state index >= 15 is 0 Å². The summed E-state index contributed by atoms with van der Waals surface area (Å²) in [6, 6.07) is 0.797. The Balaban J connectivity index is 2.07. The van der Waals surface area contributed by atoms with Gasteiger partial charge in [0.15, 0.2) is 0 Å². The minimum Gasteiger partial charge on any atom is -0.308 e. The van der Waals surface area contributed by atoms with E-state index in [1.807, 2.05) is 0 Å². The molecule has 70 valence electrons. The number of hydrogen-bond donors (Lipinski definition) is 1. The van der Waals surface area contributed by atoms with Crippen molar-refractivity contribution in [2.24, 2.45) is 11.8 Å². The van der Waals surface area contributed by atoms with Crippen molar-refractivity contribution in [3.05, 3.63) is 0 Å². The fourth-order valence-electron chi connectivity index (χ4n) is 2.68. The van der Waals surface area contributed by atoms with Gasteiger partial charge in [0.1, 0.15) is 6.17 Å². The summed E-state index contributed by atoms with van der Waals surface area (Å²) in [5, 5.41) is 3.35. The lowest BCUT2D eigenvalue weighted by molar-refractivity contribution is 0.0999. The van der Waals surface area contributed by atoms with Gasteiger partial charge in [-0.25, -0.2) is 4.39 Å². The first-order valence-electron chi connectivity index (χ1n) is 5.08. The Hall–Kier alpha value is -0.110. The third-order valence-corrected chi connectivity index (χ3v) is 3.48. The molecule has 0 spiro atoms. The molecular weight excluding hydrogens is 153 g/mol. The quantitative estimate of drug-likeness (QED) is 0.637. The van der Waals surface area contributed by atoms with Crippen molar-refractivity contribution in [2.45, 2.75) is 51.4 Å². The number of hydrogen-bond acceptors (Lipinski definition) is 1. The number of nitrogens with one attached hydrogen (secondary N) is 1. The first kappa shape index (κ1) is 8.49. The zero-order chi connectivity index (χ0) is 8.72. The molecule has 0 unspecified atom stereocenters. The molecule has 0 saturated carbocycles. The fourth-order valence-corrected chi connectivity index (χ4v) is 2.68. The van der Waals surface area contributed by atoms with Crippen molar-refractivity contribution in [3.8, 4) is 0 Å². The first-order valence-corrected chi connectivity index (χ1v) is 5.08. The molecule has 1 N–H and O–H groups in total. The number of fused-ring (bicyclic) bond motifs is 2. The molecule has 0 aromatic rings. The average Bonchev–Trinajstić information content (AvgIpc) is 2.41. The van der Waals surface area contributed by atoms with Crippen molar-refractivity contribution in [2.75, 3.05) is 0 Å². The molecule has 12 heavy (non-hydrogen) atoms. The van der Waals surface area contributed by atoms with Gasteiger partial charge in [-0.2, -0.15) is 0 Å². The molecule has 2 heterocycles. The van der Waals surface area contributed by atoms with Crippen LogP contribution in [0.5, 0.6) is 0 Å². The lowest BCUT2D eigenvalue weighted by atomic mass is 9.82. The lowest BCUT2D eigenvalue weighted by Crippen LogP contribution is -2.48. The van der Waals surface area contributed by atoms with Gasteiger partial charge in [-0.05, 0) is 31.1 Å². The molecule has 0 amide bonds. The van der Waals surface area contributed by atoms with Crippen LogP contribution >= 0.6 is 0 Å². The van der Waals surface area contributed by atoms with E-state index in [1.165, 1.54) is 6.42 Å². The maximum atomic E-state index is 13.7. The molecular formula is C10H18FN. The van der Waals surface area contributed by atoms with Gasteiger partial charge in [-0.1, -0.05) is 13.8 Å². The van der Waals surface area contributed by atoms with Gasteiger partial charge in [-0.15, -0.1) is 0 Å². The zero-order valence-electron chi connectivity index (χ0n) is 7.89. The highest BCUT2D eigenvalue weighted by molar-refractivity contribution is 4.98. The second-order valence-electron chi connectivity index (χ2n) is 4.64. The minimum atomic E-state index is -0.594. The van der Waals surface area contributed by atoms with Crippen LogP contribution < -0.4 is 5.32 Å². The highest BCUT2D eigenvalue weighted by Crippen LogP contribution is 2.36. The second-order valence-corrected chi connectivity index (χ2v) is 4.64. The second kappa shape index (κ2) is 2.99. The Morgan fingerprint density at radius 1 is 1.33 bits per heavy atom. The van der Waals surface area contributed by atoms with Gasteiger partial charge in [0, 0.05) is 12.1 Å². The number of alkyl halides is 1. The Morgan fingerprint density at radius 3 is 2.75 bits per heavy atom. The molecule has 0 radical (unpaired) electrons. The molecule has 2 rings (SSSR count). The molecule has 0 aliphatic carbocycles. The zero-order valence-corrected chi connectivity index (χ0v) is 7.89. The van der Waals surface area contributed by atoms with E-state index in [9.17, 15) is 4.39 Å². The lowest BCUT2D eigenvalue weighted by Gasteiger charge is -2.35. The van der Waals surface area contributed by atoms with Gasteiger partial charge >= 0.3 is 0 Å². The van der Waals surface area contributed by atoms with Crippen LogP contribution in [0.25, 0.3) is 0 Å². The van der Waals surface area contributed by atoms with Crippen molar-refractivity contribution >= 4 is 0 Å². The van der Waals surface area contributed by atoms with E-state index in [-0.39, 0.29) is 6.04 Å². The predicted molar refractivity (Wildman–Crippen MR) is 47.8 cm³/mol. The topological polar surface area (TPSA) is 12.0 Å². The van der Waals surface area contributed by atoms with Crippen LogP contribution in [-0.4, -0.2) is 18.3 Å². The number of rotatable bonds is 1. The highest BCUT2D eigenvalue weighted by atomic mass is 19.1. The third kappa shape index (κ3) is 1.26. The van der Waals surface area contributed by atoms with E-state index in [1.54, 1.807) is 0 Å². The van der Waals surface area contributed by atoms with Gasteiger partial charge in [-0.3, -0.25) is 0 Å². The van der Waals surface area contributed by atoms with Crippen molar-refractivity contribution in [1.29, 1.82) is 0 Å². The standard InChI is InChI=1S/C10H18FN/c1-6(2)8-5-7-3-4-9(12-7)10(8)11/h6-10,12H,3-5H2,1-2H3/t7-,8-,9-,10+/m0/s1. The normalized spacial score (nSPS) is 47.0.